The van der Waals surface area contributed by atoms with Gasteiger partial charge in [-0.15, -0.1) is 0 Å². The number of fused-ring (bicyclic) bond motifs is 9. The number of piperidine rings is 1. The first kappa shape index (κ1) is 31.1. The summed E-state index contributed by atoms with van der Waals surface area (Å²) in [6.45, 7) is 10.6. The maximum absolute atomic E-state index is 14.1. The molecule has 2 aliphatic heterocycles. The SMILES string of the molecule is CC1=C2C[C@H]3[C@@H](CC=C4C[C@@H](O)CC[C@@]43C)[C@@H]2CC[C@@]2(C1)O[C@@H]1C[C@H](C)CN(C(=O)OCC3c4ccccc4-c4ccccc43)[C@H]1[C@H]2C. The van der Waals surface area contributed by atoms with Gasteiger partial charge in [0.2, 0.25) is 0 Å². The lowest BCUT2D eigenvalue weighted by Crippen LogP contribution is -2.54. The quantitative estimate of drug-likeness (QED) is 0.331. The summed E-state index contributed by atoms with van der Waals surface area (Å²) >= 11 is 0. The number of amides is 1. The van der Waals surface area contributed by atoms with Crippen molar-refractivity contribution in [2.75, 3.05) is 13.2 Å². The fourth-order valence-electron chi connectivity index (χ4n) is 12.3. The Hall–Kier alpha value is -2.89. The summed E-state index contributed by atoms with van der Waals surface area (Å²) in [6.07, 6.45) is 11.8. The maximum atomic E-state index is 14.1. The van der Waals surface area contributed by atoms with E-state index in [1.54, 1.807) is 11.1 Å². The van der Waals surface area contributed by atoms with Crippen molar-refractivity contribution < 1.29 is 19.4 Å². The number of aliphatic hydroxyl groups is 1. The number of hydrogen-bond acceptors (Lipinski definition) is 4. The number of nitrogens with zero attached hydrogens (tertiary/aromatic N) is 1. The fourth-order valence-corrected chi connectivity index (χ4v) is 12.3. The molecular formula is C43H53NO4. The molecule has 1 amide bonds. The molecular weight excluding hydrogens is 594 g/mol. The number of likely N-dealkylation sites (tertiary alicyclic amines) is 1. The first-order valence-electron chi connectivity index (χ1n) is 19.0. The minimum atomic E-state index is -0.229. The summed E-state index contributed by atoms with van der Waals surface area (Å²) < 4.78 is 13.6. The van der Waals surface area contributed by atoms with Gasteiger partial charge in [0.1, 0.15) is 6.61 Å². The van der Waals surface area contributed by atoms with Gasteiger partial charge in [-0.05, 0) is 116 Å². The molecule has 1 spiro atoms. The van der Waals surface area contributed by atoms with E-state index >= 15 is 0 Å². The van der Waals surface area contributed by atoms with Gasteiger partial charge in [0.15, 0.2) is 0 Å². The van der Waals surface area contributed by atoms with Crippen LogP contribution in [-0.4, -0.2) is 53.1 Å². The van der Waals surface area contributed by atoms with Crippen LogP contribution < -0.4 is 0 Å². The molecule has 9 rings (SSSR count). The molecule has 0 aromatic heterocycles. The van der Waals surface area contributed by atoms with Crippen molar-refractivity contribution in [3.8, 4) is 11.1 Å². The molecule has 2 saturated heterocycles. The molecule has 2 aromatic carbocycles. The Bertz CT molecular complexity index is 1650. The van der Waals surface area contributed by atoms with Gasteiger partial charge in [-0.1, -0.05) is 92.1 Å². The highest BCUT2D eigenvalue weighted by Gasteiger charge is 2.60. The van der Waals surface area contributed by atoms with Crippen LogP contribution in [0.4, 0.5) is 4.79 Å². The Labute approximate surface area is 286 Å². The van der Waals surface area contributed by atoms with Crippen LogP contribution in [0.25, 0.3) is 11.1 Å². The zero-order valence-corrected chi connectivity index (χ0v) is 29.3. The Morgan fingerprint density at radius 3 is 2.50 bits per heavy atom. The molecule has 7 aliphatic rings. The number of hydrogen-bond donors (Lipinski definition) is 1. The lowest BCUT2D eigenvalue weighted by atomic mass is 9.56. The van der Waals surface area contributed by atoms with E-state index in [1.165, 1.54) is 40.7 Å². The van der Waals surface area contributed by atoms with Crippen LogP contribution >= 0.6 is 0 Å². The van der Waals surface area contributed by atoms with E-state index < -0.39 is 0 Å². The predicted molar refractivity (Wildman–Crippen MR) is 188 cm³/mol. The second-order valence-electron chi connectivity index (χ2n) is 17.2. The molecule has 48 heavy (non-hydrogen) atoms. The van der Waals surface area contributed by atoms with Crippen molar-refractivity contribution in [1.29, 1.82) is 0 Å². The van der Waals surface area contributed by atoms with Crippen LogP contribution in [0, 0.1) is 35.0 Å². The summed E-state index contributed by atoms with van der Waals surface area (Å²) in [6, 6.07) is 17.2. The largest absolute Gasteiger partial charge is 0.448 e. The smallest absolute Gasteiger partial charge is 0.410 e. The lowest BCUT2D eigenvalue weighted by molar-refractivity contribution is -0.0783. The third-order valence-electron chi connectivity index (χ3n) is 14.7. The van der Waals surface area contributed by atoms with Crippen LogP contribution in [0.2, 0.25) is 0 Å². The van der Waals surface area contributed by atoms with E-state index in [4.69, 9.17) is 9.47 Å². The molecule has 0 unspecified atom stereocenters. The highest BCUT2D eigenvalue weighted by atomic mass is 16.6. The summed E-state index contributed by atoms with van der Waals surface area (Å²) in [7, 11) is 0. The van der Waals surface area contributed by atoms with Gasteiger partial charge in [0.05, 0.1) is 23.9 Å². The van der Waals surface area contributed by atoms with Crippen LogP contribution in [0.1, 0.15) is 103 Å². The van der Waals surface area contributed by atoms with Gasteiger partial charge in [-0.2, -0.15) is 0 Å². The zero-order valence-electron chi connectivity index (χ0n) is 29.3. The van der Waals surface area contributed by atoms with Crippen molar-refractivity contribution in [2.24, 2.45) is 35.0 Å². The molecule has 1 N–H and O–H groups in total. The Balaban J connectivity index is 0.942. The summed E-state index contributed by atoms with van der Waals surface area (Å²) in [5.41, 5.74) is 9.84. The second-order valence-corrected chi connectivity index (χ2v) is 17.2. The predicted octanol–water partition coefficient (Wildman–Crippen LogP) is 9.05. The highest BCUT2D eigenvalue weighted by molar-refractivity contribution is 5.79. The molecule has 0 bridgehead atoms. The van der Waals surface area contributed by atoms with Gasteiger partial charge in [0.25, 0.3) is 0 Å². The van der Waals surface area contributed by atoms with E-state index in [1.807, 2.05) is 0 Å². The molecule has 5 heteroatoms. The molecule has 2 saturated carbocycles. The molecule has 2 aromatic rings. The van der Waals surface area contributed by atoms with Crippen molar-refractivity contribution >= 4 is 6.09 Å². The third kappa shape index (κ3) is 4.59. The van der Waals surface area contributed by atoms with E-state index in [-0.39, 0.29) is 47.2 Å². The number of allylic oxidation sites excluding steroid dienone is 2. The van der Waals surface area contributed by atoms with Crippen molar-refractivity contribution in [1.82, 2.24) is 4.90 Å². The van der Waals surface area contributed by atoms with Gasteiger partial charge in [-0.3, -0.25) is 0 Å². The van der Waals surface area contributed by atoms with E-state index in [0.717, 1.165) is 51.5 Å². The van der Waals surface area contributed by atoms with Gasteiger partial charge in [-0.25, -0.2) is 4.79 Å². The molecule has 10 atom stereocenters. The van der Waals surface area contributed by atoms with Crippen LogP contribution in [0.3, 0.4) is 0 Å². The lowest BCUT2D eigenvalue weighted by Gasteiger charge is -2.49. The van der Waals surface area contributed by atoms with E-state index in [2.05, 4.69) is 87.2 Å². The highest BCUT2D eigenvalue weighted by Crippen LogP contribution is 2.64. The van der Waals surface area contributed by atoms with Gasteiger partial charge < -0.3 is 19.5 Å². The second kappa shape index (κ2) is 11.3. The van der Waals surface area contributed by atoms with E-state index in [9.17, 15) is 9.90 Å². The normalized spacial score (nSPS) is 39.9. The summed E-state index contributed by atoms with van der Waals surface area (Å²) in [5, 5.41) is 10.4. The topological polar surface area (TPSA) is 59.0 Å². The number of benzene rings is 2. The molecule has 5 aliphatic carbocycles. The third-order valence-corrected chi connectivity index (χ3v) is 14.7. The van der Waals surface area contributed by atoms with Crippen LogP contribution in [0.15, 0.2) is 71.3 Å². The minimum absolute atomic E-state index is 0.0492. The molecule has 4 fully saturated rings. The number of ether oxygens (including phenoxy) is 2. The zero-order chi connectivity index (χ0) is 32.9. The average Bonchev–Trinajstić information content (AvgIpc) is 3.67. The van der Waals surface area contributed by atoms with Crippen molar-refractivity contribution in [2.45, 2.75) is 115 Å². The maximum Gasteiger partial charge on any atom is 0.410 e. The van der Waals surface area contributed by atoms with Crippen LogP contribution in [-0.2, 0) is 9.47 Å². The monoisotopic (exact) mass is 647 g/mol. The number of carbonyl (C=O) groups is 1. The average molecular weight is 648 g/mol. The number of carbonyl (C=O) groups excluding carboxylic acids is 1. The van der Waals surface area contributed by atoms with Gasteiger partial charge >= 0.3 is 6.09 Å². The fraction of sp³-hybridized carbons (Fsp3) is 0.605. The first-order chi connectivity index (χ1) is 23.2. The van der Waals surface area contributed by atoms with E-state index in [0.29, 0.717) is 30.3 Å². The number of rotatable bonds is 2. The first-order valence-corrected chi connectivity index (χ1v) is 19.0. The van der Waals surface area contributed by atoms with Crippen LogP contribution in [0.5, 0.6) is 0 Å². The number of aliphatic hydroxyl groups excluding tert-OH is 1. The molecule has 2 heterocycles. The molecule has 5 nitrogen and oxygen atoms in total. The Kier molecular flexibility index (Phi) is 7.34. The van der Waals surface area contributed by atoms with Gasteiger partial charge in [0, 0.05) is 18.4 Å². The summed E-state index contributed by atoms with van der Waals surface area (Å²) in [4.78, 5) is 16.2. The van der Waals surface area contributed by atoms with Crippen molar-refractivity contribution in [3.63, 3.8) is 0 Å². The Morgan fingerprint density at radius 2 is 1.75 bits per heavy atom. The summed E-state index contributed by atoms with van der Waals surface area (Å²) in [5.74, 6) is 2.71. The standard InChI is InChI=1S/C43H53NO4/c1-25-19-39-40(44(23-25)41(46)47-24-37-32-11-7-5-9-30(32)31-10-6-8-12-33(31)37)27(3)43(48-39)18-16-34-35-14-13-28-20-29(45)15-17-42(28,4)38(35)21-36(34)26(2)22-43/h5-13,25,27,29,34-35,37-40,45H,14-24H2,1-4H3/t25-,27+,29-,34-,35-,38-,39+,40-,42-,43-/m0/s1. The minimum Gasteiger partial charge on any atom is -0.448 e. The molecule has 0 radical (unpaired) electrons. The molecule has 254 valence electrons. The van der Waals surface area contributed by atoms with Crippen molar-refractivity contribution in [3.05, 3.63) is 82.5 Å². The Morgan fingerprint density at radius 1 is 1.02 bits per heavy atom.